The van der Waals surface area contributed by atoms with Gasteiger partial charge in [0, 0.05) is 29.6 Å². The van der Waals surface area contributed by atoms with E-state index < -0.39 is 0 Å². The molecule has 2 heterocycles. The van der Waals surface area contributed by atoms with Crippen LogP contribution in [0.4, 0.5) is 10.8 Å². The molecule has 4 rings (SSSR count). The highest BCUT2D eigenvalue weighted by atomic mass is 35.5. The van der Waals surface area contributed by atoms with Gasteiger partial charge in [0.2, 0.25) is 11.0 Å². The van der Waals surface area contributed by atoms with Gasteiger partial charge in [0.25, 0.3) is 5.91 Å². The smallest absolute Gasteiger partial charge is 0.264 e. The third-order valence-corrected chi connectivity index (χ3v) is 6.25. The van der Waals surface area contributed by atoms with Crippen molar-refractivity contribution >= 4 is 45.6 Å². The molecule has 0 bridgehead atoms. The van der Waals surface area contributed by atoms with Crippen molar-refractivity contribution < 1.29 is 14.3 Å². The van der Waals surface area contributed by atoms with Crippen molar-refractivity contribution in [2.45, 2.75) is 25.7 Å². The summed E-state index contributed by atoms with van der Waals surface area (Å²) in [6.07, 6.45) is 1.33. The molecule has 1 aliphatic heterocycles. The summed E-state index contributed by atoms with van der Waals surface area (Å²) in [7, 11) is 0. The summed E-state index contributed by atoms with van der Waals surface area (Å²) in [5.41, 5.74) is 2.12. The van der Waals surface area contributed by atoms with Crippen LogP contribution in [0.25, 0.3) is 0 Å². The molecule has 1 fully saturated rings. The topological polar surface area (TPSA) is 84.4 Å². The second-order valence-electron chi connectivity index (χ2n) is 7.16. The number of anilines is 2. The first-order valence-corrected chi connectivity index (χ1v) is 11.1. The predicted octanol–water partition coefficient (Wildman–Crippen LogP) is 4.29. The number of aryl methyl sites for hydroxylation is 1. The molecule has 1 atom stereocenters. The molecule has 0 unspecified atom stereocenters. The number of carbonyl (C=O) groups excluding carboxylic acids is 2. The molecule has 1 aliphatic rings. The third kappa shape index (κ3) is 5.21. The maximum Gasteiger partial charge on any atom is 0.264 e. The maximum absolute atomic E-state index is 12.5. The van der Waals surface area contributed by atoms with Gasteiger partial charge in [-0.1, -0.05) is 42.0 Å². The van der Waals surface area contributed by atoms with Crippen LogP contribution in [-0.4, -0.2) is 35.2 Å². The van der Waals surface area contributed by atoms with Gasteiger partial charge < -0.3 is 9.64 Å². The number of carbonyl (C=O) groups is 2. The standard InChI is InChI=1S/C22H21ClN4O3S/c1-2-14-3-7-17(8-4-14)27-12-15(11-20(27)29)21-25-26-22(31-21)24-19(28)13-30-18-9-5-16(23)6-10-18/h3-10,15H,2,11-13H2,1H3,(H,24,26,28)/t15-/m1/s1. The molecule has 0 aliphatic carbocycles. The lowest BCUT2D eigenvalue weighted by Crippen LogP contribution is -2.24. The van der Waals surface area contributed by atoms with Crippen LogP contribution in [0.15, 0.2) is 48.5 Å². The molecule has 2 aromatic carbocycles. The quantitative estimate of drug-likeness (QED) is 0.573. The average molecular weight is 457 g/mol. The number of benzene rings is 2. The predicted molar refractivity (Wildman–Crippen MR) is 121 cm³/mol. The minimum atomic E-state index is -0.335. The van der Waals surface area contributed by atoms with E-state index in [1.54, 1.807) is 29.2 Å². The molecular weight excluding hydrogens is 436 g/mol. The summed E-state index contributed by atoms with van der Waals surface area (Å²) < 4.78 is 5.43. The first kappa shape index (κ1) is 21.3. The zero-order valence-electron chi connectivity index (χ0n) is 16.9. The SMILES string of the molecule is CCc1ccc(N2C[C@H](c3nnc(NC(=O)COc4ccc(Cl)cc4)s3)CC2=O)cc1. The number of aromatic nitrogens is 2. The molecule has 0 radical (unpaired) electrons. The van der Waals surface area contributed by atoms with Crippen LogP contribution >= 0.6 is 22.9 Å². The van der Waals surface area contributed by atoms with Crippen molar-refractivity contribution in [3.63, 3.8) is 0 Å². The molecule has 31 heavy (non-hydrogen) atoms. The van der Waals surface area contributed by atoms with Crippen LogP contribution in [0, 0.1) is 0 Å². The van der Waals surface area contributed by atoms with E-state index in [1.165, 1.54) is 16.9 Å². The summed E-state index contributed by atoms with van der Waals surface area (Å²) in [6, 6.07) is 14.8. The Balaban J connectivity index is 1.33. The van der Waals surface area contributed by atoms with Crippen LogP contribution in [0.5, 0.6) is 5.75 Å². The number of rotatable bonds is 7. The van der Waals surface area contributed by atoms with Gasteiger partial charge in [-0.2, -0.15) is 0 Å². The lowest BCUT2D eigenvalue weighted by molar-refractivity contribution is -0.118. The fourth-order valence-corrected chi connectivity index (χ4v) is 4.30. The van der Waals surface area contributed by atoms with E-state index in [1.807, 2.05) is 24.3 Å². The molecule has 0 saturated carbocycles. The number of amides is 2. The Morgan fingerprint density at radius 3 is 2.65 bits per heavy atom. The fraction of sp³-hybridized carbons (Fsp3) is 0.273. The van der Waals surface area contributed by atoms with Gasteiger partial charge in [0.05, 0.1) is 0 Å². The Labute approximate surface area is 189 Å². The minimum absolute atomic E-state index is 0.0492. The van der Waals surface area contributed by atoms with Crippen LogP contribution in [0.3, 0.4) is 0 Å². The van der Waals surface area contributed by atoms with Gasteiger partial charge >= 0.3 is 0 Å². The molecule has 9 heteroatoms. The van der Waals surface area contributed by atoms with E-state index in [9.17, 15) is 9.59 Å². The highest BCUT2D eigenvalue weighted by Crippen LogP contribution is 2.34. The zero-order chi connectivity index (χ0) is 21.8. The van der Waals surface area contributed by atoms with Crippen molar-refractivity contribution in [2.75, 3.05) is 23.4 Å². The summed E-state index contributed by atoms with van der Waals surface area (Å²) in [5.74, 6) is 0.227. The van der Waals surface area contributed by atoms with Gasteiger partial charge in [-0.05, 0) is 48.4 Å². The van der Waals surface area contributed by atoms with E-state index in [0.717, 1.165) is 17.1 Å². The van der Waals surface area contributed by atoms with Crippen LogP contribution in [-0.2, 0) is 16.0 Å². The largest absolute Gasteiger partial charge is 0.484 e. The third-order valence-electron chi connectivity index (χ3n) is 5.00. The molecular formula is C22H21ClN4O3S. The van der Waals surface area contributed by atoms with Gasteiger partial charge in [0.15, 0.2) is 6.61 Å². The van der Waals surface area contributed by atoms with Crippen molar-refractivity contribution in [2.24, 2.45) is 0 Å². The van der Waals surface area contributed by atoms with Gasteiger partial charge in [-0.15, -0.1) is 10.2 Å². The lowest BCUT2D eigenvalue weighted by atomic mass is 10.1. The first-order valence-electron chi connectivity index (χ1n) is 9.92. The van der Waals surface area contributed by atoms with Crippen LogP contribution < -0.4 is 15.0 Å². The summed E-state index contributed by atoms with van der Waals surface area (Å²) in [5, 5.41) is 12.6. The van der Waals surface area contributed by atoms with Gasteiger partial charge in [-0.3, -0.25) is 14.9 Å². The number of nitrogens with zero attached hydrogens (tertiary/aromatic N) is 3. The Morgan fingerprint density at radius 1 is 1.19 bits per heavy atom. The van der Waals surface area contributed by atoms with Crippen molar-refractivity contribution in [3.05, 3.63) is 64.1 Å². The van der Waals surface area contributed by atoms with Crippen molar-refractivity contribution in [3.8, 4) is 5.75 Å². The molecule has 1 saturated heterocycles. The number of halogens is 1. The van der Waals surface area contributed by atoms with Crippen LogP contribution in [0.1, 0.15) is 29.8 Å². The summed E-state index contributed by atoms with van der Waals surface area (Å²) >= 11 is 7.11. The first-order chi connectivity index (χ1) is 15.0. The van der Waals surface area contributed by atoms with Gasteiger partial charge in [-0.25, -0.2) is 0 Å². The van der Waals surface area contributed by atoms with E-state index >= 15 is 0 Å². The molecule has 2 amide bonds. The molecule has 3 aromatic rings. The second-order valence-corrected chi connectivity index (χ2v) is 8.61. The van der Waals surface area contributed by atoms with Crippen molar-refractivity contribution in [1.29, 1.82) is 0 Å². The normalized spacial score (nSPS) is 15.9. The number of nitrogens with one attached hydrogen (secondary N) is 1. The van der Waals surface area contributed by atoms with Crippen molar-refractivity contribution in [1.82, 2.24) is 10.2 Å². The average Bonchev–Trinajstić information content (AvgIpc) is 3.40. The minimum Gasteiger partial charge on any atom is -0.484 e. The van der Waals surface area contributed by atoms with E-state index in [-0.39, 0.29) is 24.3 Å². The molecule has 160 valence electrons. The Bertz CT molecular complexity index is 1070. The Hall–Kier alpha value is -2.97. The second kappa shape index (κ2) is 9.45. The molecule has 0 spiro atoms. The highest BCUT2D eigenvalue weighted by Gasteiger charge is 2.34. The highest BCUT2D eigenvalue weighted by molar-refractivity contribution is 7.15. The number of ether oxygens (including phenoxy) is 1. The molecule has 1 aromatic heterocycles. The summed E-state index contributed by atoms with van der Waals surface area (Å²) in [4.78, 5) is 26.4. The van der Waals surface area contributed by atoms with E-state index in [0.29, 0.717) is 28.9 Å². The van der Waals surface area contributed by atoms with E-state index in [4.69, 9.17) is 16.3 Å². The van der Waals surface area contributed by atoms with E-state index in [2.05, 4.69) is 22.4 Å². The number of hydrogen-bond donors (Lipinski definition) is 1. The lowest BCUT2D eigenvalue weighted by Gasteiger charge is -2.16. The summed E-state index contributed by atoms with van der Waals surface area (Å²) in [6.45, 7) is 2.49. The maximum atomic E-state index is 12.5. The zero-order valence-corrected chi connectivity index (χ0v) is 18.4. The Morgan fingerprint density at radius 2 is 1.94 bits per heavy atom. The van der Waals surface area contributed by atoms with Crippen LogP contribution in [0.2, 0.25) is 5.02 Å². The Kier molecular flexibility index (Phi) is 6.48. The molecule has 7 nitrogen and oxygen atoms in total. The number of hydrogen-bond acceptors (Lipinski definition) is 6. The monoisotopic (exact) mass is 456 g/mol. The molecule has 1 N–H and O–H groups in total. The fourth-order valence-electron chi connectivity index (χ4n) is 3.32. The van der Waals surface area contributed by atoms with Gasteiger partial charge in [0.1, 0.15) is 10.8 Å².